The van der Waals surface area contributed by atoms with E-state index in [1.807, 2.05) is 0 Å². The Labute approximate surface area is 121 Å². The predicted molar refractivity (Wildman–Crippen MR) is 77.5 cm³/mol. The topological polar surface area (TPSA) is 35.5 Å². The van der Waals surface area contributed by atoms with Crippen molar-refractivity contribution in [2.24, 2.45) is 0 Å². The molecule has 1 atom stereocenters. The lowest BCUT2D eigenvalue weighted by molar-refractivity contribution is 0.179. The van der Waals surface area contributed by atoms with Gasteiger partial charge in [-0.2, -0.15) is 0 Å². The van der Waals surface area contributed by atoms with E-state index in [9.17, 15) is 4.39 Å². The Morgan fingerprint density at radius 1 is 1.47 bits per heavy atom. The van der Waals surface area contributed by atoms with E-state index in [1.54, 1.807) is 12.1 Å². The molecule has 1 aromatic carbocycles. The Morgan fingerprint density at radius 2 is 2.32 bits per heavy atom. The molecule has 19 heavy (non-hydrogen) atoms. The predicted octanol–water partition coefficient (Wildman–Crippen LogP) is 2.13. The summed E-state index contributed by atoms with van der Waals surface area (Å²) in [6.45, 7) is 3.35. The molecule has 1 fully saturated rings. The van der Waals surface area contributed by atoms with Crippen LogP contribution in [0.25, 0.3) is 0 Å². The lowest BCUT2D eigenvalue weighted by Crippen LogP contribution is -2.38. The van der Waals surface area contributed by atoms with Gasteiger partial charge in [-0.1, -0.05) is 15.9 Å². The van der Waals surface area contributed by atoms with Gasteiger partial charge in [0.2, 0.25) is 0 Å². The van der Waals surface area contributed by atoms with Gasteiger partial charge in [0.25, 0.3) is 0 Å². The summed E-state index contributed by atoms with van der Waals surface area (Å²) in [6, 6.07) is 5.22. The van der Waals surface area contributed by atoms with E-state index in [2.05, 4.69) is 26.1 Å². The average Bonchev–Trinajstić information content (AvgIpc) is 2.87. The van der Waals surface area contributed by atoms with Crippen molar-refractivity contribution in [1.29, 1.82) is 0 Å². The Hall–Kier alpha value is -0.490. The number of aliphatic hydroxyl groups excluding tert-OH is 1. The lowest BCUT2D eigenvalue weighted by Gasteiger charge is -2.25. The minimum Gasteiger partial charge on any atom is -0.395 e. The maximum absolute atomic E-state index is 13.3. The number of hydrogen-bond acceptors (Lipinski definition) is 3. The normalized spacial score (nSPS) is 19.3. The maximum atomic E-state index is 13.3. The zero-order valence-electron chi connectivity index (χ0n) is 10.9. The summed E-state index contributed by atoms with van der Waals surface area (Å²) in [6.07, 6.45) is 2.38. The fourth-order valence-corrected chi connectivity index (χ4v) is 2.88. The van der Waals surface area contributed by atoms with E-state index in [1.165, 1.54) is 18.9 Å². The highest BCUT2D eigenvalue weighted by Gasteiger charge is 2.18. The summed E-state index contributed by atoms with van der Waals surface area (Å²) >= 11 is 3.45. The number of nitrogens with one attached hydrogen (secondary N) is 1. The Morgan fingerprint density at radius 3 is 3.00 bits per heavy atom. The molecule has 1 aromatic rings. The van der Waals surface area contributed by atoms with Crippen LogP contribution in [0.3, 0.4) is 0 Å². The number of aliphatic hydroxyl groups is 1. The minimum atomic E-state index is -0.221. The van der Waals surface area contributed by atoms with Crippen LogP contribution in [0.15, 0.2) is 22.7 Å². The fraction of sp³-hybridized carbons (Fsp3) is 0.571. The first-order valence-corrected chi connectivity index (χ1v) is 7.49. The molecule has 1 aliphatic heterocycles. The van der Waals surface area contributed by atoms with Crippen LogP contribution in [0, 0.1) is 5.82 Å². The largest absolute Gasteiger partial charge is 0.395 e. The molecule has 1 unspecified atom stereocenters. The molecule has 5 heteroatoms. The third kappa shape index (κ3) is 4.53. The van der Waals surface area contributed by atoms with Gasteiger partial charge in [0.15, 0.2) is 0 Å². The van der Waals surface area contributed by atoms with Gasteiger partial charge in [-0.05, 0) is 43.1 Å². The second kappa shape index (κ2) is 7.33. The minimum absolute atomic E-state index is 0.125. The van der Waals surface area contributed by atoms with E-state index in [0.717, 1.165) is 23.1 Å². The highest BCUT2D eigenvalue weighted by Crippen LogP contribution is 2.20. The van der Waals surface area contributed by atoms with E-state index >= 15 is 0 Å². The van der Waals surface area contributed by atoms with E-state index in [0.29, 0.717) is 19.1 Å². The summed E-state index contributed by atoms with van der Waals surface area (Å²) < 4.78 is 14.2. The highest BCUT2D eigenvalue weighted by molar-refractivity contribution is 9.10. The summed E-state index contributed by atoms with van der Waals surface area (Å²) in [5.41, 5.74) is 0.923. The van der Waals surface area contributed by atoms with Crippen LogP contribution in [0.4, 0.5) is 4.39 Å². The standard InChI is InChI=1S/C14H20BrFN2O/c15-14-4-3-12(16)8-11(14)9-18(6-7-19)10-13-2-1-5-17-13/h3-4,8,13,17,19H,1-2,5-7,9-10H2. The molecule has 0 radical (unpaired) electrons. The molecule has 0 bridgehead atoms. The van der Waals surface area contributed by atoms with Crippen LogP contribution in [-0.2, 0) is 6.54 Å². The molecule has 0 aromatic heterocycles. The zero-order chi connectivity index (χ0) is 13.7. The molecule has 106 valence electrons. The SMILES string of the molecule is OCCN(Cc1cc(F)ccc1Br)CC1CCCN1. The molecule has 3 nitrogen and oxygen atoms in total. The van der Waals surface area contributed by atoms with E-state index < -0.39 is 0 Å². The summed E-state index contributed by atoms with van der Waals surface area (Å²) in [7, 11) is 0. The van der Waals surface area contributed by atoms with Crippen LogP contribution >= 0.6 is 15.9 Å². The highest BCUT2D eigenvalue weighted by atomic mass is 79.9. The Bertz CT molecular complexity index is 410. The molecule has 0 saturated carbocycles. The molecule has 0 amide bonds. The van der Waals surface area contributed by atoms with Crippen LogP contribution < -0.4 is 5.32 Å². The molecular formula is C14H20BrFN2O. The first-order chi connectivity index (χ1) is 9.19. The Balaban J connectivity index is 2.00. The molecule has 0 spiro atoms. The van der Waals surface area contributed by atoms with Crippen LogP contribution in [0.2, 0.25) is 0 Å². The van der Waals surface area contributed by atoms with Crippen molar-refractivity contribution in [3.8, 4) is 0 Å². The van der Waals surface area contributed by atoms with Gasteiger partial charge in [-0.15, -0.1) is 0 Å². The third-order valence-electron chi connectivity index (χ3n) is 3.46. The van der Waals surface area contributed by atoms with E-state index in [-0.39, 0.29) is 12.4 Å². The van der Waals surface area contributed by atoms with Gasteiger partial charge in [0.05, 0.1) is 6.61 Å². The van der Waals surface area contributed by atoms with Gasteiger partial charge in [-0.3, -0.25) is 4.90 Å². The summed E-state index contributed by atoms with van der Waals surface area (Å²) in [5.74, 6) is -0.221. The fourth-order valence-electron chi connectivity index (χ4n) is 2.51. The Kier molecular flexibility index (Phi) is 5.76. The van der Waals surface area contributed by atoms with Crippen molar-refractivity contribution in [1.82, 2.24) is 10.2 Å². The van der Waals surface area contributed by atoms with Gasteiger partial charge in [-0.25, -0.2) is 4.39 Å². The smallest absolute Gasteiger partial charge is 0.123 e. The van der Waals surface area contributed by atoms with Crippen LogP contribution in [0.5, 0.6) is 0 Å². The van der Waals surface area contributed by atoms with Gasteiger partial charge in [0, 0.05) is 30.1 Å². The number of hydrogen-bond donors (Lipinski definition) is 2. The molecule has 0 aliphatic carbocycles. The third-order valence-corrected chi connectivity index (χ3v) is 4.23. The number of nitrogens with zero attached hydrogens (tertiary/aromatic N) is 1. The zero-order valence-corrected chi connectivity index (χ0v) is 12.5. The van der Waals surface area contributed by atoms with E-state index in [4.69, 9.17) is 5.11 Å². The van der Waals surface area contributed by atoms with Crippen molar-refractivity contribution in [3.63, 3.8) is 0 Å². The molecule has 2 rings (SSSR count). The van der Waals surface area contributed by atoms with Crippen LogP contribution in [-0.4, -0.2) is 42.3 Å². The van der Waals surface area contributed by atoms with Crippen molar-refractivity contribution in [2.75, 3.05) is 26.2 Å². The lowest BCUT2D eigenvalue weighted by atomic mass is 10.1. The average molecular weight is 331 g/mol. The van der Waals surface area contributed by atoms with Crippen molar-refractivity contribution in [3.05, 3.63) is 34.1 Å². The monoisotopic (exact) mass is 330 g/mol. The first-order valence-electron chi connectivity index (χ1n) is 6.69. The molecule has 1 aliphatic rings. The van der Waals surface area contributed by atoms with Crippen molar-refractivity contribution >= 4 is 15.9 Å². The van der Waals surface area contributed by atoms with Crippen LogP contribution in [0.1, 0.15) is 18.4 Å². The number of benzene rings is 1. The van der Waals surface area contributed by atoms with Crippen molar-refractivity contribution < 1.29 is 9.50 Å². The molecule has 1 heterocycles. The number of halogens is 2. The maximum Gasteiger partial charge on any atom is 0.123 e. The first kappa shape index (κ1) is 14.9. The molecule has 2 N–H and O–H groups in total. The quantitative estimate of drug-likeness (QED) is 0.838. The summed E-state index contributed by atoms with van der Waals surface area (Å²) in [5, 5.41) is 12.6. The summed E-state index contributed by atoms with van der Waals surface area (Å²) in [4.78, 5) is 2.17. The van der Waals surface area contributed by atoms with Crippen molar-refractivity contribution in [2.45, 2.75) is 25.4 Å². The molecule has 1 saturated heterocycles. The molecular weight excluding hydrogens is 311 g/mol. The number of rotatable bonds is 6. The van der Waals surface area contributed by atoms with Gasteiger partial charge < -0.3 is 10.4 Å². The second-order valence-electron chi connectivity index (χ2n) is 4.99. The van der Waals surface area contributed by atoms with Gasteiger partial charge in [0.1, 0.15) is 5.82 Å². The second-order valence-corrected chi connectivity index (χ2v) is 5.84. The van der Waals surface area contributed by atoms with Gasteiger partial charge >= 0.3 is 0 Å².